The Balaban J connectivity index is 1.52. The predicted octanol–water partition coefficient (Wildman–Crippen LogP) is 7.68. The van der Waals surface area contributed by atoms with Gasteiger partial charge in [0.05, 0.1) is 0 Å². The molecule has 0 aromatic heterocycles. The Bertz CT molecular complexity index is 1430. The minimum atomic E-state index is 0.213. The van der Waals surface area contributed by atoms with Gasteiger partial charge in [0.15, 0.2) is 5.84 Å². The fraction of sp³-hybridized carbons (Fsp3) is 0.0303. The van der Waals surface area contributed by atoms with Crippen molar-refractivity contribution in [2.45, 2.75) is 0 Å². The predicted molar refractivity (Wildman–Crippen MR) is 152 cm³/mol. The lowest BCUT2D eigenvalue weighted by atomic mass is 9.95. The number of aliphatic imine (C=N–C) groups is 1. The van der Waals surface area contributed by atoms with Crippen molar-refractivity contribution in [2.24, 2.45) is 4.99 Å². The van der Waals surface area contributed by atoms with Gasteiger partial charge in [0.1, 0.15) is 5.84 Å². The van der Waals surface area contributed by atoms with Crippen LogP contribution in [0.3, 0.4) is 0 Å². The van der Waals surface area contributed by atoms with Crippen LogP contribution in [0.15, 0.2) is 138 Å². The van der Waals surface area contributed by atoms with Gasteiger partial charge in [-0.2, -0.15) is 0 Å². The fourth-order valence-corrected chi connectivity index (χ4v) is 4.25. The molecule has 0 unspecified atom stereocenters. The molecule has 174 valence electrons. The number of amidine groups is 2. The van der Waals surface area contributed by atoms with Gasteiger partial charge in [-0.1, -0.05) is 115 Å². The highest BCUT2D eigenvalue weighted by atomic mass is 15.0. The van der Waals surface area contributed by atoms with E-state index in [9.17, 15) is 0 Å². The smallest absolute Gasteiger partial charge is 0.154 e. The van der Waals surface area contributed by atoms with Crippen molar-refractivity contribution in [3.63, 3.8) is 0 Å². The highest BCUT2D eigenvalue weighted by Gasteiger charge is 2.11. The maximum absolute atomic E-state index is 8.70. The normalized spacial score (nSPS) is 11.2. The van der Waals surface area contributed by atoms with E-state index >= 15 is 0 Å². The van der Waals surface area contributed by atoms with E-state index in [1.54, 1.807) is 0 Å². The zero-order valence-electron chi connectivity index (χ0n) is 20.1. The Morgan fingerprint density at radius 1 is 0.500 bits per heavy atom. The molecule has 0 aliphatic heterocycles. The highest BCUT2D eigenvalue weighted by molar-refractivity contribution is 6.11. The zero-order chi connectivity index (χ0) is 24.7. The van der Waals surface area contributed by atoms with Crippen LogP contribution in [0.4, 0.5) is 0 Å². The molecule has 0 aliphatic carbocycles. The zero-order valence-corrected chi connectivity index (χ0v) is 20.1. The van der Waals surface area contributed by atoms with Crippen LogP contribution in [0.2, 0.25) is 0 Å². The summed E-state index contributed by atoms with van der Waals surface area (Å²) in [6.07, 6.45) is 0. The van der Waals surface area contributed by atoms with Crippen LogP contribution < -0.4 is 5.32 Å². The van der Waals surface area contributed by atoms with E-state index in [4.69, 9.17) is 10.4 Å². The fourth-order valence-electron chi connectivity index (χ4n) is 4.25. The molecule has 3 nitrogen and oxygen atoms in total. The summed E-state index contributed by atoms with van der Waals surface area (Å²) in [4.78, 5) is 4.70. The van der Waals surface area contributed by atoms with E-state index < -0.39 is 0 Å². The molecule has 0 saturated carbocycles. The van der Waals surface area contributed by atoms with Gasteiger partial charge in [0.2, 0.25) is 0 Å². The van der Waals surface area contributed by atoms with Gasteiger partial charge in [-0.25, -0.2) is 4.99 Å². The first-order chi connectivity index (χ1) is 17.7. The van der Waals surface area contributed by atoms with Crippen LogP contribution in [0.25, 0.3) is 33.4 Å². The average molecular weight is 466 g/mol. The lowest BCUT2D eigenvalue weighted by Crippen LogP contribution is -2.21. The van der Waals surface area contributed by atoms with Gasteiger partial charge in [-0.05, 0) is 51.6 Å². The third kappa shape index (κ3) is 5.16. The molecule has 0 spiro atoms. The SMILES string of the molecule is CN/C(=N\C(=N)c1ccc(-c2ccccc2)cc1)c1cc(-c2ccccc2)cc(-c2ccccc2)c1. The van der Waals surface area contributed by atoms with E-state index in [2.05, 4.69) is 59.9 Å². The molecule has 36 heavy (non-hydrogen) atoms. The Hall–Kier alpha value is -4.76. The van der Waals surface area contributed by atoms with Gasteiger partial charge in [0, 0.05) is 18.2 Å². The topological polar surface area (TPSA) is 48.2 Å². The van der Waals surface area contributed by atoms with Crippen molar-refractivity contribution >= 4 is 11.7 Å². The first-order valence-corrected chi connectivity index (χ1v) is 12.0. The van der Waals surface area contributed by atoms with Crippen LogP contribution >= 0.6 is 0 Å². The van der Waals surface area contributed by atoms with Crippen molar-refractivity contribution in [1.29, 1.82) is 5.41 Å². The molecule has 5 aromatic carbocycles. The van der Waals surface area contributed by atoms with Crippen LogP contribution in [-0.2, 0) is 0 Å². The standard InChI is InChI=1S/C33H27N3/c1-35-33(36-32(34)28-19-17-27(18-20-28)24-11-5-2-6-12-24)31-22-29(25-13-7-3-8-14-25)21-30(23-31)26-15-9-4-10-16-26/h2-23H,1H3,(H2,34,35,36). The largest absolute Gasteiger partial charge is 0.373 e. The molecule has 0 fully saturated rings. The molecule has 0 saturated heterocycles. The van der Waals surface area contributed by atoms with E-state index in [1.807, 2.05) is 85.9 Å². The number of nitrogens with zero attached hydrogens (tertiary/aromatic N) is 1. The Morgan fingerprint density at radius 2 is 0.917 bits per heavy atom. The molecule has 0 bridgehead atoms. The van der Waals surface area contributed by atoms with E-state index in [-0.39, 0.29) is 5.84 Å². The second-order valence-electron chi connectivity index (χ2n) is 8.53. The van der Waals surface area contributed by atoms with Crippen molar-refractivity contribution in [1.82, 2.24) is 5.32 Å². The number of benzene rings is 5. The molecule has 0 radical (unpaired) electrons. The minimum Gasteiger partial charge on any atom is -0.373 e. The third-order valence-electron chi connectivity index (χ3n) is 6.15. The number of hydrogen-bond donors (Lipinski definition) is 2. The van der Waals surface area contributed by atoms with Gasteiger partial charge in [-0.3, -0.25) is 5.41 Å². The van der Waals surface area contributed by atoms with Crippen LogP contribution in [0, 0.1) is 5.41 Å². The van der Waals surface area contributed by atoms with Crippen LogP contribution in [0.1, 0.15) is 11.1 Å². The van der Waals surface area contributed by atoms with Gasteiger partial charge in [-0.15, -0.1) is 0 Å². The third-order valence-corrected chi connectivity index (χ3v) is 6.15. The number of hydrogen-bond acceptors (Lipinski definition) is 1. The van der Waals surface area contributed by atoms with Gasteiger partial charge < -0.3 is 5.32 Å². The minimum absolute atomic E-state index is 0.213. The monoisotopic (exact) mass is 465 g/mol. The summed E-state index contributed by atoms with van der Waals surface area (Å²) in [6, 6.07) is 45.4. The highest BCUT2D eigenvalue weighted by Crippen LogP contribution is 2.28. The summed E-state index contributed by atoms with van der Waals surface area (Å²) in [6.45, 7) is 0. The summed E-state index contributed by atoms with van der Waals surface area (Å²) < 4.78 is 0. The maximum atomic E-state index is 8.70. The quantitative estimate of drug-likeness (QED) is 0.203. The lowest BCUT2D eigenvalue weighted by Gasteiger charge is -2.13. The van der Waals surface area contributed by atoms with Crippen molar-refractivity contribution in [3.8, 4) is 33.4 Å². The van der Waals surface area contributed by atoms with Gasteiger partial charge in [0.25, 0.3) is 0 Å². The van der Waals surface area contributed by atoms with Crippen molar-refractivity contribution < 1.29 is 0 Å². The van der Waals surface area contributed by atoms with Crippen molar-refractivity contribution in [2.75, 3.05) is 7.05 Å². The molecular formula is C33H27N3. The first-order valence-electron chi connectivity index (χ1n) is 12.0. The van der Waals surface area contributed by atoms with Crippen LogP contribution in [0.5, 0.6) is 0 Å². The molecule has 5 rings (SSSR count). The average Bonchev–Trinajstić information content (AvgIpc) is 2.97. The second kappa shape index (κ2) is 10.7. The van der Waals surface area contributed by atoms with Crippen LogP contribution in [-0.4, -0.2) is 18.7 Å². The summed E-state index contributed by atoms with van der Waals surface area (Å²) in [5.41, 5.74) is 8.46. The molecule has 5 aromatic rings. The molecule has 3 heteroatoms. The van der Waals surface area contributed by atoms with E-state index in [1.165, 1.54) is 0 Å². The second-order valence-corrected chi connectivity index (χ2v) is 8.53. The first kappa shape index (κ1) is 23.0. The molecular weight excluding hydrogens is 438 g/mol. The van der Waals surface area contributed by atoms with E-state index in [0.29, 0.717) is 5.84 Å². The van der Waals surface area contributed by atoms with Crippen molar-refractivity contribution in [3.05, 3.63) is 145 Å². The number of rotatable bonds is 5. The summed E-state index contributed by atoms with van der Waals surface area (Å²) in [7, 11) is 1.85. The Morgan fingerprint density at radius 3 is 1.36 bits per heavy atom. The molecule has 0 atom stereocenters. The summed E-state index contributed by atoms with van der Waals surface area (Å²) >= 11 is 0. The maximum Gasteiger partial charge on any atom is 0.154 e. The summed E-state index contributed by atoms with van der Waals surface area (Å²) in [5.74, 6) is 0.868. The van der Waals surface area contributed by atoms with Gasteiger partial charge >= 0.3 is 0 Å². The van der Waals surface area contributed by atoms with E-state index in [0.717, 1.165) is 44.5 Å². The molecule has 0 heterocycles. The Kier molecular flexibility index (Phi) is 6.81. The molecule has 0 aliphatic rings. The summed E-state index contributed by atoms with van der Waals surface area (Å²) in [5, 5.41) is 11.9. The molecule has 0 amide bonds. The number of nitrogens with one attached hydrogen (secondary N) is 2. The molecule has 2 N–H and O–H groups in total. The Labute approximate surface area is 212 Å². The lowest BCUT2D eigenvalue weighted by molar-refractivity contribution is 1.16.